The van der Waals surface area contributed by atoms with Crippen LogP contribution in [0, 0.1) is 0 Å². The molecule has 4 nitrogen and oxygen atoms in total. The Balaban J connectivity index is 2.44. The fourth-order valence-corrected chi connectivity index (χ4v) is 2.02. The van der Waals surface area contributed by atoms with Gasteiger partial charge in [-0.2, -0.15) is 0 Å². The summed E-state index contributed by atoms with van der Waals surface area (Å²) in [4.78, 5) is 13.5. The van der Waals surface area contributed by atoms with E-state index in [0.29, 0.717) is 19.7 Å². The Morgan fingerprint density at radius 2 is 2.25 bits per heavy atom. The highest BCUT2D eigenvalue weighted by atomic mass is 79.9. The highest BCUT2D eigenvalue weighted by molar-refractivity contribution is 9.09. The standard InChI is InChI=1S/C11H20BrNO3/c1-11(2,3)16-10(14)13-6-7-15-9(8-13)4-5-12/h9H,4-8H2,1-3H3. The fraction of sp³-hybridized carbons (Fsp3) is 0.909. The van der Waals surface area contributed by atoms with Crippen molar-refractivity contribution in [3.63, 3.8) is 0 Å². The number of alkyl halides is 1. The van der Waals surface area contributed by atoms with E-state index < -0.39 is 5.60 Å². The Bertz CT molecular complexity index is 238. The van der Waals surface area contributed by atoms with Crippen LogP contribution in [0.1, 0.15) is 27.2 Å². The lowest BCUT2D eigenvalue weighted by molar-refractivity contribution is -0.0423. The van der Waals surface area contributed by atoms with E-state index in [9.17, 15) is 4.79 Å². The topological polar surface area (TPSA) is 38.8 Å². The fourth-order valence-electron chi connectivity index (χ4n) is 1.51. The van der Waals surface area contributed by atoms with Crippen molar-refractivity contribution >= 4 is 22.0 Å². The van der Waals surface area contributed by atoms with E-state index in [1.165, 1.54) is 0 Å². The van der Waals surface area contributed by atoms with Crippen molar-refractivity contribution < 1.29 is 14.3 Å². The van der Waals surface area contributed by atoms with Crippen molar-refractivity contribution in [2.24, 2.45) is 0 Å². The molecule has 0 aliphatic carbocycles. The van der Waals surface area contributed by atoms with Gasteiger partial charge in [0.15, 0.2) is 0 Å². The van der Waals surface area contributed by atoms with Crippen LogP contribution in [0.4, 0.5) is 4.79 Å². The molecule has 1 amide bonds. The molecule has 1 aliphatic heterocycles. The Hall–Kier alpha value is -0.290. The number of amides is 1. The largest absolute Gasteiger partial charge is 0.444 e. The van der Waals surface area contributed by atoms with Gasteiger partial charge in [0.1, 0.15) is 5.60 Å². The summed E-state index contributed by atoms with van der Waals surface area (Å²) in [5.41, 5.74) is -0.430. The first-order chi connectivity index (χ1) is 7.42. The van der Waals surface area contributed by atoms with Crippen LogP contribution in [0.3, 0.4) is 0 Å². The molecule has 1 unspecified atom stereocenters. The van der Waals surface area contributed by atoms with Gasteiger partial charge in [-0.05, 0) is 27.2 Å². The molecule has 0 spiro atoms. The summed E-state index contributed by atoms with van der Waals surface area (Å²) < 4.78 is 10.9. The minimum Gasteiger partial charge on any atom is -0.444 e. The van der Waals surface area contributed by atoms with Crippen molar-refractivity contribution in [1.82, 2.24) is 4.90 Å². The number of carbonyl (C=O) groups excluding carboxylic acids is 1. The van der Waals surface area contributed by atoms with E-state index in [1.54, 1.807) is 4.90 Å². The highest BCUT2D eigenvalue weighted by Crippen LogP contribution is 2.14. The van der Waals surface area contributed by atoms with E-state index in [4.69, 9.17) is 9.47 Å². The maximum atomic E-state index is 11.8. The molecule has 1 heterocycles. The molecule has 1 atom stereocenters. The van der Waals surface area contributed by atoms with Crippen molar-refractivity contribution in [2.75, 3.05) is 25.0 Å². The Labute approximate surface area is 105 Å². The molecule has 1 fully saturated rings. The minimum absolute atomic E-state index is 0.126. The zero-order valence-corrected chi connectivity index (χ0v) is 11.7. The smallest absolute Gasteiger partial charge is 0.410 e. The molecule has 0 aromatic rings. The quantitative estimate of drug-likeness (QED) is 0.734. The molecular formula is C11H20BrNO3. The number of hydrogen-bond acceptors (Lipinski definition) is 3. The molecule has 0 bridgehead atoms. The monoisotopic (exact) mass is 293 g/mol. The molecule has 1 saturated heterocycles. The van der Waals surface area contributed by atoms with Crippen LogP contribution < -0.4 is 0 Å². The summed E-state index contributed by atoms with van der Waals surface area (Å²) in [7, 11) is 0. The Kier molecular flexibility index (Phi) is 5.05. The second kappa shape index (κ2) is 5.87. The van der Waals surface area contributed by atoms with Gasteiger partial charge in [-0.25, -0.2) is 4.79 Å². The van der Waals surface area contributed by atoms with Crippen LogP contribution in [0.15, 0.2) is 0 Å². The maximum absolute atomic E-state index is 11.8. The third-order valence-electron chi connectivity index (χ3n) is 2.22. The van der Waals surface area contributed by atoms with Gasteiger partial charge in [0.25, 0.3) is 0 Å². The van der Waals surface area contributed by atoms with E-state index in [1.807, 2.05) is 20.8 Å². The summed E-state index contributed by atoms with van der Waals surface area (Å²) in [6.07, 6.45) is 0.801. The number of nitrogens with zero attached hydrogens (tertiary/aromatic N) is 1. The molecular weight excluding hydrogens is 274 g/mol. The maximum Gasteiger partial charge on any atom is 0.410 e. The van der Waals surface area contributed by atoms with Crippen LogP contribution >= 0.6 is 15.9 Å². The first kappa shape index (κ1) is 13.8. The lowest BCUT2D eigenvalue weighted by atomic mass is 10.2. The van der Waals surface area contributed by atoms with Crippen molar-refractivity contribution in [3.05, 3.63) is 0 Å². The summed E-state index contributed by atoms with van der Waals surface area (Å²) >= 11 is 3.38. The zero-order chi connectivity index (χ0) is 12.2. The molecule has 94 valence electrons. The van der Waals surface area contributed by atoms with Crippen molar-refractivity contribution in [3.8, 4) is 0 Å². The second-order valence-electron chi connectivity index (χ2n) is 4.90. The van der Waals surface area contributed by atoms with Crippen LogP contribution in [-0.4, -0.2) is 47.7 Å². The van der Waals surface area contributed by atoms with E-state index in [0.717, 1.165) is 11.8 Å². The molecule has 0 saturated carbocycles. The number of morpholine rings is 1. The Morgan fingerprint density at radius 1 is 1.56 bits per heavy atom. The molecule has 0 aromatic carbocycles. The highest BCUT2D eigenvalue weighted by Gasteiger charge is 2.27. The zero-order valence-electron chi connectivity index (χ0n) is 10.2. The molecule has 0 N–H and O–H groups in total. The minimum atomic E-state index is -0.430. The van der Waals surface area contributed by atoms with Gasteiger partial charge in [-0.3, -0.25) is 0 Å². The number of hydrogen-bond donors (Lipinski definition) is 0. The van der Waals surface area contributed by atoms with Gasteiger partial charge in [-0.15, -0.1) is 0 Å². The average molecular weight is 294 g/mol. The first-order valence-corrected chi connectivity index (χ1v) is 6.70. The summed E-state index contributed by atoms with van der Waals surface area (Å²) in [5.74, 6) is 0. The van der Waals surface area contributed by atoms with Gasteiger partial charge in [0.2, 0.25) is 0 Å². The molecule has 16 heavy (non-hydrogen) atoms. The third kappa shape index (κ3) is 4.70. The molecule has 0 radical (unpaired) electrons. The SMILES string of the molecule is CC(C)(C)OC(=O)N1CCOC(CCBr)C1. The predicted octanol–water partition coefficient (Wildman–Crippen LogP) is 2.41. The summed E-state index contributed by atoms with van der Waals surface area (Å²) in [6.45, 7) is 7.47. The van der Waals surface area contributed by atoms with Crippen molar-refractivity contribution in [2.45, 2.75) is 38.9 Å². The molecule has 1 rings (SSSR count). The number of halogens is 1. The normalized spacial score (nSPS) is 22.0. The van der Waals surface area contributed by atoms with Crippen molar-refractivity contribution in [1.29, 1.82) is 0 Å². The van der Waals surface area contributed by atoms with E-state index in [-0.39, 0.29) is 12.2 Å². The first-order valence-electron chi connectivity index (χ1n) is 5.58. The van der Waals surface area contributed by atoms with Gasteiger partial charge >= 0.3 is 6.09 Å². The van der Waals surface area contributed by atoms with E-state index >= 15 is 0 Å². The van der Waals surface area contributed by atoms with Crippen LogP contribution in [-0.2, 0) is 9.47 Å². The summed E-state index contributed by atoms with van der Waals surface area (Å²) in [6, 6.07) is 0. The van der Waals surface area contributed by atoms with Crippen LogP contribution in [0.2, 0.25) is 0 Å². The average Bonchev–Trinajstić information content (AvgIpc) is 2.16. The lowest BCUT2D eigenvalue weighted by Gasteiger charge is -2.34. The van der Waals surface area contributed by atoms with Gasteiger partial charge in [0.05, 0.1) is 19.3 Å². The predicted molar refractivity (Wildman–Crippen MR) is 66.0 cm³/mol. The second-order valence-corrected chi connectivity index (χ2v) is 5.69. The van der Waals surface area contributed by atoms with Gasteiger partial charge < -0.3 is 14.4 Å². The number of carbonyl (C=O) groups is 1. The van der Waals surface area contributed by atoms with Gasteiger partial charge in [0, 0.05) is 11.9 Å². The number of ether oxygens (including phenoxy) is 2. The van der Waals surface area contributed by atoms with Crippen LogP contribution in [0.5, 0.6) is 0 Å². The summed E-state index contributed by atoms with van der Waals surface area (Å²) in [5, 5.41) is 0.889. The molecule has 0 aromatic heterocycles. The Morgan fingerprint density at radius 3 is 2.81 bits per heavy atom. The lowest BCUT2D eigenvalue weighted by Crippen LogP contribution is -2.47. The molecule has 1 aliphatic rings. The van der Waals surface area contributed by atoms with Crippen LogP contribution in [0.25, 0.3) is 0 Å². The van der Waals surface area contributed by atoms with E-state index in [2.05, 4.69) is 15.9 Å². The number of rotatable bonds is 2. The van der Waals surface area contributed by atoms with Gasteiger partial charge in [-0.1, -0.05) is 15.9 Å². The third-order valence-corrected chi connectivity index (χ3v) is 2.68. The molecule has 5 heteroatoms.